The van der Waals surface area contributed by atoms with Gasteiger partial charge in [0, 0.05) is 19.7 Å². The van der Waals surface area contributed by atoms with Crippen molar-refractivity contribution in [1.82, 2.24) is 5.32 Å². The average molecular weight is 213 g/mol. The summed E-state index contributed by atoms with van der Waals surface area (Å²) >= 11 is 0. The largest absolute Gasteiger partial charge is 0.393 e. The monoisotopic (exact) mass is 213 g/mol. The van der Waals surface area contributed by atoms with E-state index in [0.717, 1.165) is 26.1 Å². The molecule has 2 N–H and O–H groups in total. The first kappa shape index (κ1) is 11.4. The Morgan fingerprint density at radius 2 is 1.93 bits per heavy atom. The van der Waals surface area contributed by atoms with Gasteiger partial charge in [0.2, 0.25) is 0 Å². The van der Waals surface area contributed by atoms with Crippen molar-refractivity contribution in [2.75, 3.05) is 19.7 Å². The predicted octanol–water partition coefficient (Wildman–Crippen LogP) is 1.31. The van der Waals surface area contributed by atoms with Crippen molar-refractivity contribution in [3.63, 3.8) is 0 Å². The van der Waals surface area contributed by atoms with Gasteiger partial charge in [-0.2, -0.15) is 0 Å². The third-order valence-electron chi connectivity index (χ3n) is 3.67. The summed E-state index contributed by atoms with van der Waals surface area (Å²) in [5.74, 6) is 0.472. The van der Waals surface area contributed by atoms with Gasteiger partial charge in [0.25, 0.3) is 0 Å². The summed E-state index contributed by atoms with van der Waals surface area (Å²) in [5.41, 5.74) is 0. The minimum absolute atomic E-state index is 0.0734. The number of ether oxygens (including phenoxy) is 1. The summed E-state index contributed by atoms with van der Waals surface area (Å²) in [5, 5.41) is 13.2. The molecular formula is C12H23NO2. The summed E-state index contributed by atoms with van der Waals surface area (Å²) in [6.07, 6.45) is 7.40. The quantitative estimate of drug-likeness (QED) is 0.740. The van der Waals surface area contributed by atoms with E-state index >= 15 is 0 Å². The Bertz CT molecular complexity index is 180. The number of hydrogen-bond acceptors (Lipinski definition) is 3. The van der Waals surface area contributed by atoms with Crippen LogP contribution < -0.4 is 5.32 Å². The van der Waals surface area contributed by atoms with Crippen LogP contribution in [0.2, 0.25) is 0 Å². The Balaban J connectivity index is 1.59. The zero-order valence-corrected chi connectivity index (χ0v) is 9.45. The van der Waals surface area contributed by atoms with Crippen LogP contribution in [-0.4, -0.2) is 37.0 Å². The Labute approximate surface area is 92.2 Å². The van der Waals surface area contributed by atoms with E-state index in [-0.39, 0.29) is 6.10 Å². The molecule has 1 aliphatic carbocycles. The van der Waals surface area contributed by atoms with Crippen LogP contribution in [0.1, 0.15) is 38.5 Å². The Hall–Kier alpha value is -0.120. The van der Waals surface area contributed by atoms with Crippen LogP contribution >= 0.6 is 0 Å². The highest BCUT2D eigenvalue weighted by atomic mass is 16.5. The van der Waals surface area contributed by atoms with Gasteiger partial charge >= 0.3 is 0 Å². The lowest BCUT2D eigenvalue weighted by molar-refractivity contribution is 0.0642. The van der Waals surface area contributed by atoms with E-state index in [1.165, 1.54) is 32.1 Å². The average Bonchev–Trinajstić information content (AvgIpc) is 2.74. The Morgan fingerprint density at radius 3 is 2.67 bits per heavy atom. The molecule has 2 rings (SSSR count). The molecule has 0 spiro atoms. The Morgan fingerprint density at radius 1 is 1.07 bits per heavy atom. The second-order valence-corrected chi connectivity index (χ2v) is 4.91. The highest BCUT2D eigenvalue weighted by Crippen LogP contribution is 2.23. The van der Waals surface area contributed by atoms with E-state index in [9.17, 15) is 5.11 Å². The molecular weight excluding hydrogens is 190 g/mol. The lowest BCUT2D eigenvalue weighted by Crippen LogP contribution is -2.36. The van der Waals surface area contributed by atoms with Gasteiger partial charge < -0.3 is 15.2 Å². The number of hydrogen-bond donors (Lipinski definition) is 2. The molecule has 0 radical (unpaired) electrons. The van der Waals surface area contributed by atoms with Crippen molar-refractivity contribution in [2.24, 2.45) is 5.92 Å². The van der Waals surface area contributed by atoms with Crippen molar-refractivity contribution < 1.29 is 9.84 Å². The van der Waals surface area contributed by atoms with E-state index in [4.69, 9.17) is 4.74 Å². The molecule has 0 aromatic heterocycles. The van der Waals surface area contributed by atoms with Crippen molar-refractivity contribution >= 4 is 0 Å². The molecule has 15 heavy (non-hydrogen) atoms. The van der Waals surface area contributed by atoms with E-state index < -0.39 is 0 Å². The van der Waals surface area contributed by atoms with Crippen LogP contribution in [0.15, 0.2) is 0 Å². The second kappa shape index (κ2) is 5.83. The van der Waals surface area contributed by atoms with Crippen molar-refractivity contribution in [3.8, 4) is 0 Å². The van der Waals surface area contributed by atoms with E-state index in [1.54, 1.807) is 0 Å². The van der Waals surface area contributed by atoms with Crippen LogP contribution in [-0.2, 0) is 4.74 Å². The standard InChI is InChI=1S/C12H23NO2/c14-12-6-2-1-4-10(12)8-13-9-11-5-3-7-15-11/h10-14H,1-9H2. The van der Waals surface area contributed by atoms with Crippen molar-refractivity contribution in [3.05, 3.63) is 0 Å². The minimum Gasteiger partial charge on any atom is -0.393 e. The molecule has 0 aromatic carbocycles. The fraction of sp³-hybridized carbons (Fsp3) is 1.00. The van der Waals surface area contributed by atoms with Crippen LogP contribution in [0, 0.1) is 5.92 Å². The van der Waals surface area contributed by atoms with Crippen LogP contribution in [0.5, 0.6) is 0 Å². The summed E-state index contributed by atoms with van der Waals surface area (Å²) in [6.45, 7) is 2.85. The fourth-order valence-electron chi connectivity index (χ4n) is 2.66. The number of nitrogens with one attached hydrogen (secondary N) is 1. The molecule has 3 atom stereocenters. The van der Waals surface area contributed by atoms with Gasteiger partial charge in [-0.3, -0.25) is 0 Å². The molecule has 1 saturated carbocycles. The highest BCUT2D eigenvalue weighted by Gasteiger charge is 2.23. The lowest BCUT2D eigenvalue weighted by Gasteiger charge is -2.28. The van der Waals surface area contributed by atoms with E-state index in [2.05, 4.69) is 5.32 Å². The molecule has 0 aromatic rings. The number of aliphatic hydroxyl groups is 1. The number of rotatable bonds is 4. The minimum atomic E-state index is -0.0734. The maximum absolute atomic E-state index is 9.79. The predicted molar refractivity (Wildman–Crippen MR) is 59.8 cm³/mol. The molecule has 1 saturated heterocycles. The summed E-state index contributed by atoms with van der Waals surface area (Å²) in [4.78, 5) is 0. The zero-order valence-electron chi connectivity index (χ0n) is 9.45. The first-order valence-corrected chi connectivity index (χ1v) is 6.36. The van der Waals surface area contributed by atoms with Gasteiger partial charge in [-0.25, -0.2) is 0 Å². The second-order valence-electron chi connectivity index (χ2n) is 4.91. The molecule has 2 fully saturated rings. The van der Waals surface area contributed by atoms with E-state index in [1.807, 2.05) is 0 Å². The highest BCUT2D eigenvalue weighted by molar-refractivity contribution is 4.77. The topological polar surface area (TPSA) is 41.5 Å². The zero-order chi connectivity index (χ0) is 10.5. The van der Waals surface area contributed by atoms with Gasteiger partial charge in [0.15, 0.2) is 0 Å². The molecule has 3 unspecified atom stereocenters. The maximum atomic E-state index is 9.79. The summed E-state index contributed by atoms with van der Waals surface area (Å²) < 4.78 is 5.54. The lowest BCUT2D eigenvalue weighted by atomic mass is 9.86. The molecule has 3 nitrogen and oxygen atoms in total. The van der Waals surface area contributed by atoms with Crippen LogP contribution in [0.25, 0.3) is 0 Å². The summed E-state index contributed by atoms with van der Waals surface area (Å²) in [6, 6.07) is 0. The van der Waals surface area contributed by atoms with Crippen LogP contribution in [0.3, 0.4) is 0 Å². The van der Waals surface area contributed by atoms with Gasteiger partial charge in [-0.15, -0.1) is 0 Å². The van der Waals surface area contributed by atoms with Gasteiger partial charge in [0.05, 0.1) is 12.2 Å². The molecule has 88 valence electrons. The van der Waals surface area contributed by atoms with E-state index in [0.29, 0.717) is 12.0 Å². The third kappa shape index (κ3) is 3.44. The van der Waals surface area contributed by atoms with Gasteiger partial charge in [-0.05, 0) is 31.6 Å². The van der Waals surface area contributed by atoms with Gasteiger partial charge in [-0.1, -0.05) is 12.8 Å². The van der Waals surface area contributed by atoms with Crippen molar-refractivity contribution in [1.29, 1.82) is 0 Å². The fourth-order valence-corrected chi connectivity index (χ4v) is 2.66. The van der Waals surface area contributed by atoms with Crippen LogP contribution in [0.4, 0.5) is 0 Å². The first-order valence-electron chi connectivity index (χ1n) is 6.36. The summed E-state index contributed by atoms with van der Waals surface area (Å²) in [7, 11) is 0. The SMILES string of the molecule is OC1CCCCC1CNCC1CCCO1. The van der Waals surface area contributed by atoms with Crippen molar-refractivity contribution in [2.45, 2.75) is 50.7 Å². The molecule has 0 amide bonds. The molecule has 1 heterocycles. The van der Waals surface area contributed by atoms with Gasteiger partial charge in [0.1, 0.15) is 0 Å². The molecule has 0 bridgehead atoms. The smallest absolute Gasteiger partial charge is 0.0700 e. The molecule has 1 aliphatic heterocycles. The number of aliphatic hydroxyl groups excluding tert-OH is 1. The first-order chi connectivity index (χ1) is 7.36. The molecule has 2 aliphatic rings. The Kier molecular flexibility index (Phi) is 4.42. The molecule has 3 heteroatoms. The maximum Gasteiger partial charge on any atom is 0.0700 e. The normalized spacial score (nSPS) is 37.0. The third-order valence-corrected chi connectivity index (χ3v) is 3.67.